The maximum Gasteiger partial charge on any atom is 0.237 e. The molecule has 0 aliphatic heterocycles. The summed E-state index contributed by atoms with van der Waals surface area (Å²) in [5, 5.41) is 10.2. The molecule has 1 atom stereocenters. The quantitative estimate of drug-likeness (QED) is 0.495. The molecule has 10 heteroatoms. The molecular formula is C17H14ClF2N5OS. The first-order valence-electron chi connectivity index (χ1n) is 7.75. The van der Waals surface area contributed by atoms with Gasteiger partial charge in [-0.2, -0.15) is 0 Å². The first-order chi connectivity index (χ1) is 12.9. The highest BCUT2D eigenvalue weighted by molar-refractivity contribution is 8.00. The summed E-state index contributed by atoms with van der Waals surface area (Å²) in [4.78, 5) is 12.3. The number of benzene rings is 2. The maximum atomic E-state index is 13.7. The van der Waals surface area contributed by atoms with Gasteiger partial charge in [0.25, 0.3) is 0 Å². The lowest BCUT2D eigenvalue weighted by Gasteiger charge is -2.12. The third kappa shape index (κ3) is 4.04. The molecule has 0 saturated carbocycles. The van der Waals surface area contributed by atoms with Gasteiger partial charge in [0.05, 0.1) is 10.3 Å². The number of nitrogens with two attached hydrogens (primary N) is 1. The van der Waals surface area contributed by atoms with E-state index < -0.39 is 28.5 Å². The van der Waals surface area contributed by atoms with Gasteiger partial charge in [0.2, 0.25) is 11.1 Å². The summed E-state index contributed by atoms with van der Waals surface area (Å²) >= 11 is 7.13. The average Bonchev–Trinajstić information content (AvgIpc) is 2.99. The number of hydrogen-bond donors (Lipinski definition) is 2. The third-order valence-electron chi connectivity index (χ3n) is 3.64. The van der Waals surface area contributed by atoms with E-state index in [4.69, 9.17) is 17.4 Å². The lowest BCUT2D eigenvalue weighted by molar-refractivity contribution is -0.115. The molecule has 0 aliphatic carbocycles. The van der Waals surface area contributed by atoms with Crippen LogP contribution in [-0.4, -0.2) is 26.0 Å². The Kier molecular flexibility index (Phi) is 5.62. The van der Waals surface area contributed by atoms with Gasteiger partial charge in [-0.3, -0.25) is 4.79 Å². The van der Waals surface area contributed by atoms with Crippen LogP contribution in [0.3, 0.4) is 0 Å². The topological polar surface area (TPSA) is 85.8 Å². The second kappa shape index (κ2) is 7.93. The van der Waals surface area contributed by atoms with Gasteiger partial charge in [-0.25, -0.2) is 13.5 Å². The Bertz CT molecular complexity index is 977. The van der Waals surface area contributed by atoms with Crippen LogP contribution in [0.1, 0.15) is 6.92 Å². The highest BCUT2D eigenvalue weighted by Gasteiger charge is 2.22. The molecule has 0 unspecified atom stereocenters. The molecule has 1 aromatic heterocycles. The Morgan fingerprint density at radius 2 is 1.85 bits per heavy atom. The zero-order valence-corrected chi connectivity index (χ0v) is 15.6. The van der Waals surface area contributed by atoms with Crippen molar-refractivity contribution >= 4 is 35.0 Å². The molecule has 0 radical (unpaired) electrons. The summed E-state index contributed by atoms with van der Waals surface area (Å²) in [5.41, 5.74) is 0.0903. The van der Waals surface area contributed by atoms with Gasteiger partial charge in [-0.15, -0.1) is 10.2 Å². The predicted molar refractivity (Wildman–Crippen MR) is 101 cm³/mol. The van der Waals surface area contributed by atoms with Crippen molar-refractivity contribution in [2.24, 2.45) is 0 Å². The van der Waals surface area contributed by atoms with E-state index in [0.29, 0.717) is 16.4 Å². The standard InChI is InChI=1S/C17H14ClF2N5OS/c1-9(16(26)22-14-12(19)7-4-8-13(14)20)27-17-24-23-15(25(17)21)10-5-2-3-6-11(10)18/h2-9H,21H2,1H3,(H,22,26)/t9-/m1/s1. The van der Waals surface area contributed by atoms with Gasteiger partial charge in [0.15, 0.2) is 5.82 Å². The number of nitrogens with zero attached hydrogens (tertiary/aromatic N) is 3. The number of aromatic nitrogens is 3. The van der Waals surface area contributed by atoms with Crippen LogP contribution in [0.4, 0.5) is 14.5 Å². The number of nitrogen functional groups attached to an aromatic ring is 1. The lowest BCUT2D eigenvalue weighted by atomic mass is 10.2. The van der Waals surface area contributed by atoms with Gasteiger partial charge in [0.1, 0.15) is 17.3 Å². The fraction of sp³-hybridized carbons (Fsp3) is 0.118. The van der Waals surface area contributed by atoms with Gasteiger partial charge >= 0.3 is 0 Å². The highest BCUT2D eigenvalue weighted by atomic mass is 35.5. The van der Waals surface area contributed by atoms with Gasteiger partial charge in [0, 0.05) is 5.56 Å². The number of nitrogens with one attached hydrogen (secondary N) is 1. The lowest BCUT2D eigenvalue weighted by Crippen LogP contribution is -2.24. The summed E-state index contributed by atoms with van der Waals surface area (Å²) in [6, 6.07) is 10.3. The molecule has 0 spiro atoms. The summed E-state index contributed by atoms with van der Waals surface area (Å²) < 4.78 is 28.6. The molecule has 0 bridgehead atoms. The predicted octanol–water partition coefficient (Wildman–Crippen LogP) is 3.71. The van der Waals surface area contributed by atoms with Crippen molar-refractivity contribution in [3.8, 4) is 11.4 Å². The van der Waals surface area contributed by atoms with Gasteiger partial charge in [-0.1, -0.05) is 41.6 Å². The van der Waals surface area contributed by atoms with Crippen molar-refractivity contribution < 1.29 is 13.6 Å². The van der Waals surface area contributed by atoms with Crippen LogP contribution in [0.15, 0.2) is 47.6 Å². The number of hydrogen-bond acceptors (Lipinski definition) is 5. The van der Waals surface area contributed by atoms with E-state index in [-0.39, 0.29) is 5.16 Å². The Labute approximate surface area is 162 Å². The normalized spacial score (nSPS) is 12.0. The van der Waals surface area contributed by atoms with Crippen molar-refractivity contribution in [2.45, 2.75) is 17.3 Å². The molecule has 6 nitrogen and oxygen atoms in total. The molecule has 27 heavy (non-hydrogen) atoms. The van der Waals surface area contributed by atoms with E-state index in [1.165, 1.54) is 10.7 Å². The van der Waals surface area contributed by atoms with Crippen LogP contribution in [0.25, 0.3) is 11.4 Å². The van der Waals surface area contributed by atoms with Gasteiger partial charge in [-0.05, 0) is 31.2 Å². The Hall–Kier alpha value is -2.65. The van der Waals surface area contributed by atoms with Crippen LogP contribution in [0.2, 0.25) is 5.02 Å². The van der Waals surface area contributed by atoms with Crippen molar-refractivity contribution in [2.75, 3.05) is 11.2 Å². The van der Waals surface area contributed by atoms with E-state index in [9.17, 15) is 13.6 Å². The molecule has 3 rings (SSSR count). The van der Waals surface area contributed by atoms with E-state index in [1.54, 1.807) is 31.2 Å². The molecule has 0 aliphatic rings. The van der Waals surface area contributed by atoms with Crippen LogP contribution in [-0.2, 0) is 4.79 Å². The Balaban J connectivity index is 1.76. The molecule has 2 aromatic carbocycles. The molecule has 1 heterocycles. The fourth-order valence-corrected chi connectivity index (χ4v) is 3.23. The van der Waals surface area contributed by atoms with Crippen molar-refractivity contribution in [3.63, 3.8) is 0 Å². The fourth-order valence-electron chi connectivity index (χ4n) is 2.24. The molecule has 0 fully saturated rings. The minimum atomic E-state index is -0.858. The number of anilines is 1. The molecule has 3 N–H and O–H groups in total. The summed E-state index contributed by atoms with van der Waals surface area (Å²) in [5.74, 6) is 4.02. The SMILES string of the molecule is C[C@@H](Sc1nnc(-c2ccccc2Cl)n1N)C(=O)Nc1c(F)cccc1F. The minimum absolute atomic E-state index is 0.251. The monoisotopic (exact) mass is 409 g/mol. The van der Waals surface area contributed by atoms with Crippen molar-refractivity contribution in [1.82, 2.24) is 14.9 Å². The largest absolute Gasteiger partial charge is 0.335 e. The van der Waals surface area contributed by atoms with E-state index in [2.05, 4.69) is 15.5 Å². The maximum absolute atomic E-state index is 13.7. The number of carbonyl (C=O) groups is 1. The van der Waals surface area contributed by atoms with Crippen LogP contribution < -0.4 is 11.2 Å². The zero-order valence-electron chi connectivity index (χ0n) is 14.0. The summed E-state index contributed by atoms with van der Waals surface area (Å²) in [7, 11) is 0. The van der Waals surface area contributed by atoms with E-state index in [1.807, 2.05) is 0 Å². The molecular weight excluding hydrogens is 396 g/mol. The van der Waals surface area contributed by atoms with Gasteiger partial charge < -0.3 is 11.2 Å². The van der Waals surface area contributed by atoms with Crippen LogP contribution >= 0.6 is 23.4 Å². The number of thioether (sulfide) groups is 1. The number of carbonyl (C=O) groups excluding carboxylic acids is 1. The van der Waals surface area contributed by atoms with Crippen molar-refractivity contribution in [1.29, 1.82) is 0 Å². The van der Waals surface area contributed by atoms with Crippen LogP contribution in [0, 0.1) is 11.6 Å². The Morgan fingerprint density at radius 3 is 2.52 bits per heavy atom. The average molecular weight is 410 g/mol. The van der Waals surface area contributed by atoms with E-state index >= 15 is 0 Å². The smallest absolute Gasteiger partial charge is 0.237 e. The number of amides is 1. The number of halogens is 3. The Morgan fingerprint density at radius 1 is 1.19 bits per heavy atom. The molecule has 1 amide bonds. The molecule has 0 saturated heterocycles. The molecule has 140 valence electrons. The summed E-state index contributed by atoms with van der Waals surface area (Å²) in [6.07, 6.45) is 0. The van der Waals surface area contributed by atoms with Crippen LogP contribution in [0.5, 0.6) is 0 Å². The number of rotatable bonds is 5. The second-order valence-electron chi connectivity index (χ2n) is 5.50. The van der Waals surface area contributed by atoms with Crippen molar-refractivity contribution in [3.05, 3.63) is 59.1 Å². The first kappa shape index (κ1) is 19.1. The highest BCUT2D eigenvalue weighted by Crippen LogP contribution is 2.29. The second-order valence-corrected chi connectivity index (χ2v) is 7.22. The van der Waals surface area contributed by atoms with E-state index in [0.717, 1.165) is 23.9 Å². The number of para-hydroxylation sites is 1. The first-order valence-corrected chi connectivity index (χ1v) is 9.01. The summed E-state index contributed by atoms with van der Waals surface area (Å²) in [6.45, 7) is 1.56. The third-order valence-corrected chi connectivity index (χ3v) is 5.03. The zero-order chi connectivity index (χ0) is 19.6. The molecule has 3 aromatic rings. The minimum Gasteiger partial charge on any atom is -0.335 e.